The second kappa shape index (κ2) is 6.21. The number of halogens is 1. The highest BCUT2D eigenvalue weighted by atomic mass is 35.5. The van der Waals surface area contributed by atoms with E-state index in [4.69, 9.17) is 21.4 Å². The summed E-state index contributed by atoms with van der Waals surface area (Å²) in [5, 5.41) is 9.63. The molecule has 0 bridgehead atoms. The summed E-state index contributed by atoms with van der Waals surface area (Å²) in [6.07, 6.45) is 3.23. The van der Waals surface area contributed by atoms with Crippen molar-refractivity contribution < 1.29 is 14.6 Å². The summed E-state index contributed by atoms with van der Waals surface area (Å²) in [6.45, 7) is 0.502. The summed E-state index contributed by atoms with van der Waals surface area (Å²) < 4.78 is 5.80. The molecule has 0 radical (unpaired) electrons. The molecule has 4 heteroatoms. The Bertz CT molecular complexity index is 411. The van der Waals surface area contributed by atoms with Crippen molar-refractivity contribution in [2.24, 2.45) is 5.92 Å². The Morgan fingerprint density at radius 1 is 1.28 bits per heavy atom. The lowest BCUT2D eigenvalue weighted by molar-refractivity contribution is -0.143. The minimum absolute atomic E-state index is 0.164. The molecule has 0 heterocycles. The second-order valence-electron chi connectivity index (χ2n) is 4.71. The maximum Gasteiger partial charge on any atom is 0.306 e. The zero-order chi connectivity index (χ0) is 13.0. The lowest BCUT2D eigenvalue weighted by Crippen LogP contribution is -2.25. The fourth-order valence-electron chi connectivity index (χ4n) is 2.30. The molecule has 0 amide bonds. The van der Waals surface area contributed by atoms with Gasteiger partial charge in [0, 0.05) is 5.02 Å². The molecule has 0 atom stereocenters. The number of ether oxygens (including phenoxy) is 1. The number of rotatable bonds is 4. The largest absolute Gasteiger partial charge is 0.481 e. The highest BCUT2D eigenvalue weighted by Crippen LogP contribution is 2.27. The van der Waals surface area contributed by atoms with E-state index >= 15 is 0 Å². The van der Waals surface area contributed by atoms with Crippen LogP contribution in [0.2, 0.25) is 5.02 Å². The van der Waals surface area contributed by atoms with Gasteiger partial charge in [-0.25, -0.2) is 0 Å². The van der Waals surface area contributed by atoms with Crippen molar-refractivity contribution in [1.82, 2.24) is 0 Å². The van der Waals surface area contributed by atoms with Crippen molar-refractivity contribution in [3.8, 4) is 0 Å². The number of hydrogen-bond acceptors (Lipinski definition) is 2. The quantitative estimate of drug-likeness (QED) is 0.909. The van der Waals surface area contributed by atoms with Crippen LogP contribution in [0.1, 0.15) is 31.2 Å². The van der Waals surface area contributed by atoms with Gasteiger partial charge < -0.3 is 9.84 Å². The first-order valence-electron chi connectivity index (χ1n) is 6.24. The van der Waals surface area contributed by atoms with Gasteiger partial charge in [0.25, 0.3) is 0 Å². The fraction of sp³-hybridized carbons (Fsp3) is 0.500. The molecule has 0 saturated heterocycles. The van der Waals surface area contributed by atoms with Crippen molar-refractivity contribution in [2.75, 3.05) is 0 Å². The molecule has 1 aromatic rings. The molecular formula is C14H17ClO3. The molecule has 0 unspecified atom stereocenters. The van der Waals surface area contributed by atoms with Gasteiger partial charge in [0.1, 0.15) is 0 Å². The molecule has 1 fully saturated rings. The van der Waals surface area contributed by atoms with E-state index in [-0.39, 0.29) is 12.0 Å². The summed E-state index contributed by atoms with van der Waals surface area (Å²) in [5.74, 6) is -0.871. The van der Waals surface area contributed by atoms with Crippen LogP contribution in [0.4, 0.5) is 0 Å². The standard InChI is InChI=1S/C14H17ClO3/c15-13-4-2-1-3-11(13)9-18-12-7-5-10(6-8-12)14(16)17/h1-4,10,12H,5-9H2,(H,16,17)/t10-,12-. The summed E-state index contributed by atoms with van der Waals surface area (Å²) in [4.78, 5) is 10.8. The average Bonchev–Trinajstić information content (AvgIpc) is 2.38. The van der Waals surface area contributed by atoms with Gasteiger partial charge in [0.15, 0.2) is 0 Å². The van der Waals surface area contributed by atoms with Gasteiger partial charge in [-0.05, 0) is 37.3 Å². The van der Waals surface area contributed by atoms with Gasteiger partial charge in [-0.1, -0.05) is 29.8 Å². The van der Waals surface area contributed by atoms with Gasteiger partial charge in [0.2, 0.25) is 0 Å². The van der Waals surface area contributed by atoms with Crippen molar-refractivity contribution in [3.05, 3.63) is 34.9 Å². The third-order valence-electron chi connectivity index (χ3n) is 3.46. The topological polar surface area (TPSA) is 46.5 Å². The third-order valence-corrected chi connectivity index (χ3v) is 3.82. The molecular weight excluding hydrogens is 252 g/mol. The monoisotopic (exact) mass is 268 g/mol. The average molecular weight is 269 g/mol. The van der Waals surface area contributed by atoms with Crippen molar-refractivity contribution in [3.63, 3.8) is 0 Å². The number of hydrogen-bond donors (Lipinski definition) is 1. The van der Waals surface area contributed by atoms with E-state index in [0.717, 1.165) is 23.4 Å². The number of carboxylic acid groups (broad SMARTS) is 1. The lowest BCUT2D eigenvalue weighted by atomic mass is 9.87. The maximum absolute atomic E-state index is 10.8. The second-order valence-corrected chi connectivity index (χ2v) is 5.12. The van der Waals surface area contributed by atoms with Crippen LogP contribution in [0, 0.1) is 5.92 Å². The van der Waals surface area contributed by atoms with E-state index in [1.54, 1.807) is 0 Å². The number of carbonyl (C=O) groups is 1. The SMILES string of the molecule is O=C(O)[C@H]1CC[C@H](OCc2ccccc2Cl)CC1. The molecule has 1 aromatic carbocycles. The Hall–Kier alpha value is -1.06. The third kappa shape index (κ3) is 3.47. The van der Waals surface area contributed by atoms with Crippen LogP contribution in [0.25, 0.3) is 0 Å². The predicted octanol–water partition coefficient (Wildman–Crippen LogP) is 3.50. The van der Waals surface area contributed by atoms with Crippen molar-refractivity contribution >= 4 is 17.6 Å². The highest BCUT2D eigenvalue weighted by molar-refractivity contribution is 6.31. The zero-order valence-corrected chi connectivity index (χ0v) is 10.9. The fourth-order valence-corrected chi connectivity index (χ4v) is 2.49. The molecule has 98 valence electrons. The molecule has 0 spiro atoms. The smallest absolute Gasteiger partial charge is 0.306 e. The van der Waals surface area contributed by atoms with Crippen LogP contribution >= 0.6 is 11.6 Å². The Balaban J connectivity index is 1.79. The van der Waals surface area contributed by atoms with Gasteiger partial charge in [-0.3, -0.25) is 4.79 Å². The van der Waals surface area contributed by atoms with E-state index in [2.05, 4.69) is 0 Å². The minimum atomic E-state index is -0.681. The molecule has 1 aliphatic carbocycles. The van der Waals surface area contributed by atoms with Gasteiger partial charge >= 0.3 is 5.97 Å². The van der Waals surface area contributed by atoms with Crippen LogP contribution in [0.3, 0.4) is 0 Å². The van der Waals surface area contributed by atoms with Crippen molar-refractivity contribution in [1.29, 1.82) is 0 Å². The first kappa shape index (κ1) is 13.4. The summed E-state index contributed by atoms with van der Waals surface area (Å²) in [6, 6.07) is 7.63. The van der Waals surface area contributed by atoms with Crippen LogP contribution in [-0.4, -0.2) is 17.2 Å². The van der Waals surface area contributed by atoms with E-state index in [1.807, 2.05) is 24.3 Å². The first-order valence-corrected chi connectivity index (χ1v) is 6.62. The normalized spacial score (nSPS) is 23.8. The molecule has 2 rings (SSSR count). The number of benzene rings is 1. The Morgan fingerprint density at radius 3 is 2.56 bits per heavy atom. The molecule has 1 saturated carbocycles. The van der Waals surface area contributed by atoms with E-state index in [0.29, 0.717) is 19.4 Å². The van der Waals surface area contributed by atoms with E-state index in [9.17, 15) is 4.79 Å². The predicted molar refractivity (Wildman–Crippen MR) is 69.6 cm³/mol. The van der Waals surface area contributed by atoms with Crippen LogP contribution in [0.15, 0.2) is 24.3 Å². The number of aliphatic carboxylic acids is 1. The summed E-state index contributed by atoms with van der Waals surface area (Å²) >= 11 is 6.05. The zero-order valence-electron chi connectivity index (χ0n) is 10.1. The Kier molecular flexibility index (Phi) is 4.61. The molecule has 0 aromatic heterocycles. The summed E-state index contributed by atoms with van der Waals surface area (Å²) in [5.41, 5.74) is 0.986. The molecule has 3 nitrogen and oxygen atoms in total. The number of carboxylic acids is 1. The molecule has 18 heavy (non-hydrogen) atoms. The summed E-state index contributed by atoms with van der Waals surface area (Å²) in [7, 11) is 0. The Morgan fingerprint density at radius 2 is 1.94 bits per heavy atom. The van der Waals surface area contributed by atoms with Crippen LogP contribution in [0.5, 0.6) is 0 Å². The van der Waals surface area contributed by atoms with Gasteiger partial charge in [0.05, 0.1) is 18.6 Å². The van der Waals surface area contributed by atoms with Gasteiger partial charge in [-0.2, -0.15) is 0 Å². The first-order chi connectivity index (χ1) is 8.66. The molecule has 1 N–H and O–H groups in total. The highest BCUT2D eigenvalue weighted by Gasteiger charge is 2.26. The molecule has 0 aliphatic heterocycles. The Labute approximate surface area is 112 Å². The van der Waals surface area contributed by atoms with Crippen LogP contribution in [-0.2, 0) is 16.1 Å². The van der Waals surface area contributed by atoms with Crippen molar-refractivity contribution in [2.45, 2.75) is 38.4 Å². The van der Waals surface area contributed by atoms with E-state index < -0.39 is 5.97 Å². The van der Waals surface area contributed by atoms with Crippen LogP contribution < -0.4 is 0 Å². The van der Waals surface area contributed by atoms with E-state index in [1.165, 1.54) is 0 Å². The maximum atomic E-state index is 10.8. The molecule has 1 aliphatic rings. The lowest BCUT2D eigenvalue weighted by Gasteiger charge is -2.26. The van der Waals surface area contributed by atoms with Gasteiger partial charge in [-0.15, -0.1) is 0 Å². The minimum Gasteiger partial charge on any atom is -0.481 e.